The van der Waals surface area contributed by atoms with E-state index in [0.717, 1.165) is 6.42 Å². The second-order valence-corrected chi connectivity index (χ2v) is 5.66. The van der Waals surface area contributed by atoms with Crippen molar-refractivity contribution in [2.24, 2.45) is 12.0 Å². The van der Waals surface area contributed by atoms with Crippen molar-refractivity contribution in [3.63, 3.8) is 0 Å². The van der Waals surface area contributed by atoms with Gasteiger partial charge in [-0.05, 0) is 31.7 Å². The summed E-state index contributed by atoms with van der Waals surface area (Å²) in [5.41, 5.74) is 0.930. The zero-order valence-electron chi connectivity index (χ0n) is 16.7. The molecule has 0 aliphatic carbocycles. The van der Waals surface area contributed by atoms with Crippen molar-refractivity contribution in [2.75, 3.05) is 7.05 Å². The van der Waals surface area contributed by atoms with Crippen LogP contribution >= 0.6 is 23.2 Å². The fraction of sp³-hybridized carbons (Fsp3) is 0.474. The van der Waals surface area contributed by atoms with Gasteiger partial charge in [-0.15, -0.1) is 6.58 Å². The molecule has 0 radical (unpaired) electrons. The maximum absolute atomic E-state index is 12.3. The Balaban J connectivity index is 0. The van der Waals surface area contributed by atoms with Crippen LogP contribution < -0.4 is 0 Å². The zero-order valence-corrected chi connectivity index (χ0v) is 18.2. The summed E-state index contributed by atoms with van der Waals surface area (Å²) in [5.74, 6) is -0.0640. The first kappa shape index (κ1) is 27.7. The largest absolute Gasteiger partial charge is 0.396 e. The first-order valence-corrected chi connectivity index (χ1v) is 9.21. The maximum atomic E-state index is 12.3. The predicted octanol–water partition coefficient (Wildman–Crippen LogP) is 7.30. The van der Waals surface area contributed by atoms with Gasteiger partial charge in [0.2, 0.25) is 0 Å². The van der Waals surface area contributed by atoms with E-state index in [0.29, 0.717) is 16.1 Å². The summed E-state index contributed by atoms with van der Waals surface area (Å²) in [7, 11) is 3.26. The van der Waals surface area contributed by atoms with Gasteiger partial charge in [0.15, 0.2) is 0 Å². The third-order valence-electron chi connectivity index (χ3n) is 2.92. The monoisotopic (exact) mass is 425 g/mol. The normalized spacial score (nSPS) is 10.3. The molecule has 0 atom stereocenters. The van der Waals surface area contributed by atoms with E-state index in [1.165, 1.54) is 23.7 Å². The third kappa shape index (κ3) is 11.0. The van der Waals surface area contributed by atoms with Gasteiger partial charge < -0.3 is 9.56 Å². The van der Waals surface area contributed by atoms with Gasteiger partial charge in [-0.1, -0.05) is 50.0 Å². The number of fused-ring (bicyclic) bond motifs is 1. The lowest BCUT2D eigenvalue weighted by Crippen LogP contribution is -2.15. The van der Waals surface area contributed by atoms with Crippen LogP contribution in [0.4, 0.5) is 13.2 Å². The van der Waals surface area contributed by atoms with E-state index in [1.807, 2.05) is 26.8 Å². The standard InChI is InChI=1S/C10H7Cl2F3N2.C4H8.C3H7N.C2H6/c1-17-8-3-6(12)5(11)2-7(8)16-9(17)4-10(13,14)15;2*1-3-4-2;1-2/h2-3H,4H2,1H3;3H,1,4H2,2H3;3H,1-2H3;1-2H3. The second-order valence-electron chi connectivity index (χ2n) is 4.85. The van der Waals surface area contributed by atoms with Gasteiger partial charge in [0.25, 0.3) is 0 Å². The highest BCUT2D eigenvalue weighted by Crippen LogP contribution is 2.29. The summed E-state index contributed by atoms with van der Waals surface area (Å²) in [4.78, 5) is 7.51. The number of allylic oxidation sites excluding steroid dienone is 1. The number of aromatic nitrogens is 2. The van der Waals surface area contributed by atoms with Crippen molar-refractivity contribution >= 4 is 40.4 Å². The molecule has 0 N–H and O–H groups in total. The zero-order chi connectivity index (χ0) is 21.6. The molecule has 0 aliphatic rings. The third-order valence-corrected chi connectivity index (χ3v) is 3.64. The number of aryl methyl sites for hydroxylation is 1. The molecule has 0 saturated heterocycles. The van der Waals surface area contributed by atoms with Crippen molar-refractivity contribution in [1.29, 1.82) is 0 Å². The molecule has 0 amide bonds. The highest BCUT2D eigenvalue weighted by atomic mass is 35.5. The molecule has 3 nitrogen and oxygen atoms in total. The molecular weight excluding hydrogens is 398 g/mol. The number of imidazole rings is 1. The van der Waals surface area contributed by atoms with Gasteiger partial charge in [0.1, 0.15) is 12.2 Å². The van der Waals surface area contributed by atoms with Crippen LogP contribution in [-0.4, -0.2) is 29.0 Å². The smallest absolute Gasteiger partial charge is 0.331 e. The molecule has 2 aromatic rings. The molecule has 1 heterocycles. The van der Waals surface area contributed by atoms with Crippen LogP contribution in [0.2, 0.25) is 10.0 Å². The summed E-state index contributed by atoms with van der Waals surface area (Å²) in [5, 5.41) is 0.566. The van der Waals surface area contributed by atoms with E-state index < -0.39 is 12.6 Å². The highest BCUT2D eigenvalue weighted by Gasteiger charge is 2.30. The number of halogens is 5. The maximum Gasteiger partial charge on any atom is 0.396 e. The molecular formula is C19H28Cl2F3N3. The van der Waals surface area contributed by atoms with Crippen molar-refractivity contribution in [3.8, 4) is 0 Å². The van der Waals surface area contributed by atoms with Crippen molar-refractivity contribution in [1.82, 2.24) is 9.55 Å². The van der Waals surface area contributed by atoms with Gasteiger partial charge in [-0.25, -0.2) is 4.98 Å². The fourth-order valence-corrected chi connectivity index (χ4v) is 1.89. The lowest BCUT2D eigenvalue weighted by Gasteiger charge is -2.05. The Hall–Kier alpha value is -1.53. The van der Waals surface area contributed by atoms with Crippen LogP contribution in [0.15, 0.2) is 29.8 Å². The molecule has 0 spiro atoms. The number of hydrogen-bond donors (Lipinski definition) is 0. The molecule has 0 aliphatic heterocycles. The molecule has 27 heavy (non-hydrogen) atoms. The summed E-state index contributed by atoms with van der Waals surface area (Å²) >= 11 is 11.6. The van der Waals surface area contributed by atoms with E-state index in [4.69, 9.17) is 23.2 Å². The van der Waals surface area contributed by atoms with E-state index in [9.17, 15) is 13.2 Å². The molecule has 0 fully saturated rings. The van der Waals surface area contributed by atoms with Crippen molar-refractivity contribution in [2.45, 2.75) is 46.7 Å². The van der Waals surface area contributed by atoms with Gasteiger partial charge in [-0.3, -0.25) is 0 Å². The van der Waals surface area contributed by atoms with Gasteiger partial charge in [-0.2, -0.15) is 13.2 Å². The fourth-order valence-electron chi connectivity index (χ4n) is 1.57. The van der Waals surface area contributed by atoms with Gasteiger partial charge in [0, 0.05) is 14.1 Å². The lowest BCUT2D eigenvalue weighted by atomic mass is 10.3. The SMILES string of the molecule is C=CCC.CC.CC=NC.Cn1c(CC(F)(F)F)nc2cc(Cl)c(Cl)cc21. The molecule has 2 rings (SSSR count). The Morgan fingerprint density at radius 2 is 1.67 bits per heavy atom. The minimum atomic E-state index is -4.29. The highest BCUT2D eigenvalue weighted by molar-refractivity contribution is 6.42. The number of nitrogens with zero attached hydrogens (tertiary/aromatic N) is 3. The van der Waals surface area contributed by atoms with Crippen LogP contribution in [-0.2, 0) is 13.5 Å². The number of rotatable bonds is 2. The number of alkyl halides is 3. The Labute approximate surface area is 169 Å². The molecule has 0 saturated carbocycles. The van der Waals surface area contributed by atoms with Gasteiger partial charge in [0.05, 0.1) is 21.1 Å². The van der Waals surface area contributed by atoms with E-state index in [2.05, 4.69) is 23.5 Å². The second kappa shape index (κ2) is 14.5. The van der Waals surface area contributed by atoms with Crippen LogP contribution in [0.1, 0.15) is 39.9 Å². The molecule has 0 bridgehead atoms. The molecule has 154 valence electrons. The number of hydrogen-bond acceptors (Lipinski definition) is 2. The minimum Gasteiger partial charge on any atom is -0.331 e. The van der Waals surface area contributed by atoms with Crippen LogP contribution in [0.5, 0.6) is 0 Å². The summed E-state index contributed by atoms with van der Waals surface area (Å²) < 4.78 is 38.3. The van der Waals surface area contributed by atoms with E-state index >= 15 is 0 Å². The average Bonchev–Trinajstić information content (AvgIpc) is 2.91. The Bertz CT molecular complexity index is 704. The molecule has 1 aromatic heterocycles. The summed E-state index contributed by atoms with van der Waals surface area (Å²) in [6.07, 6.45) is -0.657. The molecule has 8 heteroatoms. The van der Waals surface area contributed by atoms with E-state index in [1.54, 1.807) is 13.3 Å². The minimum absolute atomic E-state index is 0.0640. The van der Waals surface area contributed by atoms with Gasteiger partial charge >= 0.3 is 6.18 Å². The van der Waals surface area contributed by atoms with Crippen molar-refractivity contribution < 1.29 is 13.2 Å². The summed E-state index contributed by atoms with van der Waals surface area (Å²) in [6.45, 7) is 11.4. The molecule has 0 unspecified atom stereocenters. The van der Waals surface area contributed by atoms with Crippen LogP contribution in [0.25, 0.3) is 11.0 Å². The van der Waals surface area contributed by atoms with Crippen molar-refractivity contribution in [3.05, 3.63) is 40.7 Å². The van der Waals surface area contributed by atoms with E-state index in [-0.39, 0.29) is 10.8 Å². The number of benzene rings is 1. The quantitative estimate of drug-likeness (QED) is 0.366. The number of aliphatic imine (C=N–C) groups is 1. The Kier molecular flexibility index (Phi) is 14.9. The Morgan fingerprint density at radius 3 is 2.04 bits per heavy atom. The van der Waals surface area contributed by atoms with Crippen LogP contribution in [0.3, 0.4) is 0 Å². The van der Waals surface area contributed by atoms with Crippen LogP contribution in [0, 0.1) is 0 Å². The first-order chi connectivity index (χ1) is 12.6. The average molecular weight is 426 g/mol. The lowest BCUT2D eigenvalue weighted by molar-refractivity contribution is -0.128. The first-order valence-electron chi connectivity index (χ1n) is 8.45. The Morgan fingerprint density at radius 1 is 1.22 bits per heavy atom. The predicted molar refractivity (Wildman–Crippen MR) is 112 cm³/mol. The molecule has 1 aromatic carbocycles. The summed E-state index contributed by atoms with van der Waals surface area (Å²) in [6, 6.07) is 2.96. The topological polar surface area (TPSA) is 30.2 Å².